The molecule has 0 radical (unpaired) electrons. The maximum Gasteiger partial charge on any atom is 0.336 e. The number of nitrogens with one attached hydrogen (secondary N) is 1. The number of allylic oxidation sites excluding steroid dienone is 9. The lowest BCUT2D eigenvalue weighted by Crippen LogP contribution is -2.29. The monoisotopic (exact) mass is 967 g/mol. The molecule has 0 saturated carbocycles. The first-order chi connectivity index (χ1) is 33.0. The number of fused-ring (bicyclic) bond motifs is 4. The van der Waals surface area contributed by atoms with Crippen LogP contribution in [-0.2, 0) is 31.6 Å². The SMILES string of the molecule is CC[N+](CC)=C1C=CC2C(=C1)OC(C(C)(C)C)=CC2/C=C/C=C1\C(CC(=O)NCc2c(O)ccc3c(-c4c(C(=O)O)cccc4C(=O)O)c4ccc(=O)cc-4oc23)c2ccc(S(=O)(=O)O)cc2C1(C)C. The van der Waals surface area contributed by atoms with Crippen LogP contribution in [0, 0.1) is 17.3 Å². The Morgan fingerprint density at radius 2 is 1.63 bits per heavy atom. The lowest BCUT2D eigenvalue weighted by molar-refractivity contribution is -0.519. The average Bonchev–Trinajstić information content (AvgIpc) is 3.50. The van der Waals surface area contributed by atoms with Crippen molar-refractivity contribution in [2.24, 2.45) is 17.3 Å². The van der Waals surface area contributed by atoms with E-state index in [0.717, 1.165) is 35.9 Å². The Morgan fingerprint density at radius 1 is 0.929 bits per heavy atom. The quantitative estimate of drug-likeness (QED) is 0.0448. The molecule has 3 unspecified atom stereocenters. The Bertz CT molecular complexity index is 3320. The van der Waals surface area contributed by atoms with Gasteiger partial charge in [-0.1, -0.05) is 76.6 Å². The largest absolute Gasteiger partial charge is 0.507 e. The third-order valence-electron chi connectivity index (χ3n) is 13.6. The lowest BCUT2D eigenvalue weighted by atomic mass is 9.79. The van der Waals surface area contributed by atoms with Crippen LogP contribution in [0.4, 0.5) is 0 Å². The highest BCUT2D eigenvalue weighted by molar-refractivity contribution is 7.85. The van der Waals surface area contributed by atoms with E-state index in [9.17, 15) is 47.5 Å². The average molecular weight is 968 g/mol. The summed E-state index contributed by atoms with van der Waals surface area (Å²) in [4.78, 5) is 51.9. The first kappa shape index (κ1) is 49.1. The molecule has 5 N–H and O–H groups in total. The second-order valence-corrected chi connectivity index (χ2v) is 20.7. The number of phenolic OH excluding ortho intramolecular Hbond substituents is 1. The number of aromatic hydroxyl groups is 1. The van der Waals surface area contributed by atoms with E-state index in [2.05, 4.69) is 74.9 Å². The second kappa shape index (κ2) is 18.5. The van der Waals surface area contributed by atoms with Crippen LogP contribution < -0.4 is 10.7 Å². The minimum atomic E-state index is -4.57. The summed E-state index contributed by atoms with van der Waals surface area (Å²) < 4.78 is 49.9. The molecule has 2 heterocycles. The van der Waals surface area contributed by atoms with Gasteiger partial charge in [-0.25, -0.2) is 14.2 Å². The first-order valence-electron chi connectivity index (χ1n) is 23.0. The summed E-state index contributed by atoms with van der Waals surface area (Å²) in [6, 6.07) is 14.8. The number of aromatic carboxylic acids is 2. The molecule has 3 aromatic rings. The molecule has 15 heteroatoms. The fourth-order valence-electron chi connectivity index (χ4n) is 9.98. The number of phenols is 1. The van der Waals surface area contributed by atoms with Gasteiger partial charge >= 0.3 is 11.9 Å². The number of rotatable bonds is 12. The van der Waals surface area contributed by atoms with Crippen molar-refractivity contribution in [2.45, 2.75) is 77.7 Å². The third-order valence-corrected chi connectivity index (χ3v) is 14.4. The summed E-state index contributed by atoms with van der Waals surface area (Å²) in [5, 5.41) is 35.0. The third kappa shape index (κ3) is 9.14. The fourth-order valence-corrected chi connectivity index (χ4v) is 10.5. The number of carbonyl (C=O) groups is 3. The standard InChI is InChI=1S/C55H54N2O12S/c1-8-57(9-2)31-16-19-34-30(24-47(54(3,4)5)68-45(34)25-31)12-10-15-42-40(35-21-18-33(70(65,66)67)27-43(35)55(42,6)7)28-48(60)56-29-41-44(59)23-22-37-49(36-20-17-32(58)26-46(36)69-51(37)41)50-38(52(61)62)13-11-14-39(50)53(63)64/h10-27,30,34,40H,8-9,28-29H2,1-7H3,(H4-,56,58,59,60,61,62,63,64,65,66,67)/p+1/b12-10+,42-15+. The summed E-state index contributed by atoms with van der Waals surface area (Å²) in [6.45, 7) is 15.8. The predicted octanol–water partition coefficient (Wildman–Crippen LogP) is 9.62. The molecule has 0 spiro atoms. The Hall–Kier alpha value is -7.36. The molecule has 14 nitrogen and oxygen atoms in total. The van der Waals surface area contributed by atoms with Crippen molar-refractivity contribution < 1.29 is 56.4 Å². The number of hydrogen-bond acceptors (Lipinski definition) is 9. The van der Waals surface area contributed by atoms with Gasteiger partial charge in [-0.15, -0.1) is 0 Å². The van der Waals surface area contributed by atoms with Crippen LogP contribution in [-0.4, -0.2) is 69.5 Å². The van der Waals surface area contributed by atoms with Crippen molar-refractivity contribution in [3.63, 3.8) is 0 Å². The molecular weight excluding hydrogens is 913 g/mol. The van der Waals surface area contributed by atoms with Gasteiger partial charge in [0.05, 0.1) is 28.1 Å². The molecule has 3 aromatic carbocycles. The highest BCUT2D eigenvalue weighted by Gasteiger charge is 2.43. The molecule has 3 atom stereocenters. The number of hydrogen-bond donors (Lipinski definition) is 5. The van der Waals surface area contributed by atoms with E-state index in [0.29, 0.717) is 11.1 Å². The zero-order valence-electron chi connectivity index (χ0n) is 39.9. The van der Waals surface area contributed by atoms with E-state index < -0.39 is 44.7 Å². The minimum Gasteiger partial charge on any atom is -0.507 e. The topological polar surface area (TPSA) is 221 Å². The molecule has 70 heavy (non-hydrogen) atoms. The maximum absolute atomic E-state index is 14.3. The molecule has 362 valence electrons. The van der Waals surface area contributed by atoms with Crippen molar-refractivity contribution in [1.29, 1.82) is 0 Å². The summed E-state index contributed by atoms with van der Waals surface area (Å²) in [5.41, 5.74) is 1.29. The van der Waals surface area contributed by atoms with E-state index in [-0.39, 0.29) is 91.0 Å². The summed E-state index contributed by atoms with van der Waals surface area (Å²) in [6.07, 6.45) is 14.4. The molecule has 0 aromatic heterocycles. The lowest BCUT2D eigenvalue weighted by Gasteiger charge is -2.35. The van der Waals surface area contributed by atoms with Crippen LogP contribution in [0.5, 0.6) is 5.75 Å². The molecule has 0 saturated heterocycles. The molecule has 1 amide bonds. The zero-order chi connectivity index (χ0) is 50.6. The molecule has 0 fully saturated rings. The predicted molar refractivity (Wildman–Crippen MR) is 265 cm³/mol. The van der Waals surface area contributed by atoms with Gasteiger partial charge in [0.1, 0.15) is 41.7 Å². The summed E-state index contributed by atoms with van der Waals surface area (Å²) in [5.74, 6) is -2.62. The summed E-state index contributed by atoms with van der Waals surface area (Å²) >= 11 is 0. The van der Waals surface area contributed by atoms with Gasteiger partial charge in [-0.05, 0) is 79.6 Å². The number of carboxylic acid groups (broad SMARTS) is 2. The zero-order valence-corrected chi connectivity index (χ0v) is 40.7. The van der Waals surface area contributed by atoms with Gasteiger partial charge < -0.3 is 29.8 Å². The van der Waals surface area contributed by atoms with Crippen molar-refractivity contribution in [2.75, 3.05) is 13.1 Å². The number of benzene rings is 4. The normalized spacial score (nSPS) is 19.2. The maximum atomic E-state index is 14.3. The molecular formula is C55H55N2O12S+. The van der Waals surface area contributed by atoms with E-state index in [1.165, 1.54) is 60.7 Å². The van der Waals surface area contributed by atoms with Gasteiger partial charge in [0.2, 0.25) is 11.6 Å². The molecule has 3 aliphatic carbocycles. The highest BCUT2D eigenvalue weighted by atomic mass is 32.2. The minimum absolute atomic E-state index is 0.0121. The second-order valence-electron chi connectivity index (χ2n) is 19.3. The van der Waals surface area contributed by atoms with E-state index in [1.54, 1.807) is 6.07 Å². The number of carbonyl (C=O) groups excluding carboxylic acids is 1. The molecule has 0 bridgehead atoms. The van der Waals surface area contributed by atoms with Crippen LogP contribution in [0.15, 0.2) is 140 Å². The van der Waals surface area contributed by atoms with Crippen LogP contribution in [0.25, 0.3) is 33.4 Å². The van der Waals surface area contributed by atoms with Crippen molar-refractivity contribution >= 4 is 44.6 Å². The van der Waals surface area contributed by atoms with Gasteiger partial charge in [-0.3, -0.25) is 14.1 Å². The van der Waals surface area contributed by atoms with Crippen LogP contribution in [0.2, 0.25) is 0 Å². The Balaban J connectivity index is 1.17. The number of nitrogens with zero attached hydrogens (tertiary/aromatic N) is 1. The molecule has 8 rings (SSSR count). The summed E-state index contributed by atoms with van der Waals surface area (Å²) in [7, 11) is -4.57. The number of carboxylic acids is 2. The number of amides is 1. The Kier molecular flexibility index (Phi) is 13.0. The van der Waals surface area contributed by atoms with Crippen molar-refractivity contribution in [3.8, 4) is 28.2 Å². The fraction of sp³-hybridized carbons (Fsp3) is 0.291. The van der Waals surface area contributed by atoms with Gasteiger partial charge in [0.25, 0.3) is 10.1 Å². The van der Waals surface area contributed by atoms with E-state index >= 15 is 0 Å². The molecule has 5 aliphatic rings. The van der Waals surface area contributed by atoms with Crippen molar-refractivity contribution in [3.05, 3.63) is 164 Å². The number of ether oxygens (including phenoxy) is 1. The van der Waals surface area contributed by atoms with E-state index in [1.807, 2.05) is 26.0 Å². The highest BCUT2D eigenvalue weighted by Crippen LogP contribution is 2.52. The van der Waals surface area contributed by atoms with Gasteiger partial charge in [0, 0.05) is 75.3 Å². The Labute approximate surface area is 405 Å². The molecule has 2 aliphatic heterocycles. The van der Waals surface area contributed by atoms with Crippen LogP contribution in [0.1, 0.15) is 98.2 Å². The van der Waals surface area contributed by atoms with Crippen LogP contribution in [0.3, 0.4) is 0 Å². The van der Waals surface area contributed by atoms with Gasteiger partial charge in [-0.2, -0.15) is 8.42 Å². The van der Waals surface area contributed by atoms with Crippen molar-refractivity contribution in [1.82, 2.24) is 5.32 Å². The van der Waals surface area contributed by atoms with Gasteiger partial charge in [0.15, 0.2) is 5.43 Å². The Morgan fingerprint density at radius 3 is 2.27 bits per heavy atom. The van der Waals surface area contributed by atoms with E-state index in [4.69, 9.17) is 9.15 Å². The van der Waals surface area contributed by atoms with Crippen LogP contribution >= 0.6 is 0 Å². The smallest absolute Gasteiger partial charge is 0.336 e. The first-order valence-corrected chi connectivity index (χ1v) is 24.5.